The van der Waals surface area contributed by atoms with Crippen LogP contribution in [0.3, 0.4) is 0 Å². The fraction of sp³-hybridized carbons (Fsp3) is 0.909. The monoisotopic (exact) mass is 211 g/mol. The van der Waals surface area contributed by atoms with Crippen molar-refractivity contribution in [3.05, 3.63) is 0 Å². The topological polar surface area (TPSA) is 26.8 Å². The normalized spacial score (nSPS) is 29.7. The van der Waals surface area contributed by atoms with Crippen molar-refractivity contribution in [2.45, 2.75) is 6.42 Å². The van der Waals surface area contributed by atoms with E-state index in [4.69, 9.17) is 0 Å². The Morgan fingerprint density at radius 2 is 1.93 bits per heavy atom. The van der Waals surface area contributed by atoms with E-state index in [0.29, 0.717) is 0 Å². The van der Waals surface area contributed by atoms with Crippen molar-refractivity contribution in [2.75, 3.05) is 52.9 Å². The molecule has 2 saturated heterocycles. The molecule has 0 aromatic heterocycles. The van der Waals surface area contributed by atoms with E-state index >= 15 is 0 Å². The van der Waals surface area contributed by atoms with Crippen LogP contribution in [0.2, 0.25) is 0 Å². The number of carbonyl (C=O) groups is 1. The molecule has 0 spiro atoms. The molecule has 0 aromatic rings. The van der Waals surface area contributed by atoms with Gasteiger partial charge in [0.15, 0.2) is 0 Å². The van der Waals surface area contributed by atoms with Crippen molar-refractivity contribution in [1.29, 1.82) is 0 Å². The molecule has 0 N–H and O–H groups in total. The third kappa shape index (κ3) is 2.92. The van der Waals surface area contributed by atoms with Gasteiger partial charge in [0.25, 0.3) is 0 Å². The molecule has 0 bridgehead atoms. The van der Waals surface area contributed by atoms with Gasteiger partial charge in [-0.05, 0) is 25.9 Å². The molecule has 0 aliphatic carbocycles. The predicted octanol–water partition coefficient (Wildman–Crippen LogP) is -0.288. The molecule has 0 aromatic carbocycles. The van der Waals surface area contributed by atoms with Gasteiger partial charge < -0.3 is 9.80 Å². The maximum absolute atomic E-state index is 10.6. The molecule has 15 heavy (non-hydrogen) atoms. The first-order valence-corrected chi connectivity index (χ1v) is 5.88. The Bertz CT molecular complexity index is 214. The maximum atomic E-state index is 10.6. The Hall–Kier alpha value is -0.610. The fourth-order valence-corrected chi connectivity index (χ4v) is 2.59. The Kier molecular flexibility index (Phi) is 3.59. The second-order valence-corrected chi connectivity index (χ2v) is 4.86. The summed E-state index contributed by atoms with van der Waals surface area (Å²) in [6.45, 7) is 7.64. The van der Waals surface area contributed by atoms with Gasteiger partial charge in [0.1, 0.15) is 0 Å². The third-order valence-electron chi connectivity index (χ3n) is 3.56. The zero-order chi connectivity index (χ0) is 10.7. The highest BCUT2D eigenvalue weighted by Gasteiger charge is 2.23. The fourth-order valence-electron chi connectivity index (χ4n) is 2.59. The number of carbonyl (C=O) groups excluding carboxylic acids is 1. The molecular weight excluding hydrogens is 190 g/mol. The molecule has 1 atom stereocenters. The van der Waals surface area contributed by atoms with E-state index < -0.39 is 0 Å². The Morgan fingerprint density at radius 3 is 2.47 bits per heavy atom. The Balaban J connectivity index is 1.70. The van der Waals surface area contributed by atoms with Crippen LogP contribution in [0.15, 0.2) is 0 Å². The molecule has 4 nitrogen and oxygen atoms in total. The van der Waals surface area contributed by atoms with Crippen molar-refractivity contribution >= 4 is 6.41 Å². The first-order valence-electron chi connectivity index (χ1n) is 5.88. The summed E-state index contributed by atoms with van der Waals surface area (Å²) in [5, 5.41) is 0. The predicted molar refractivity (Wildman–Crippen MR) is 59.7 cm³/mol. The zero-order valence-electron chi connectivity index (χ0n) is 9.56. The molecular formula is C11H21N3O. The molecule has 2 heterocycles. The van der Waals surface area contributed by atoms with E-state index in [1.165, 1.54) is 26.1 Å². The molecule has 2 aliphatic heterocycles. The van der Waals surface area contributed by atoms with Gasteiger partial charge >= 0.3 is 0 Å². The van der Waals surface area contributed by atoms with Crippen LogP contribution >= 0.6 is 0 Å². The highest BCUT2D eigenvalue weighted by atomic mass is 16.1. The summed E-state index contributed by atoms with van der Waals surface area (Å²) in [5.74, 6) is 0.845. The van der Waals surface area contributed by atoms with Gasteiger partial charge in [-0.25, -0.2) is 0 Å². The summed E-state index contributed by atoms with van der Waals surface area (Å²) < 4.78 is 0. The van der Waals surface area contributed by atoms with Crippen molar-refractivity contribution in [1.82, 2.24) is 14.7 Å². The van der Waals surface area contributed by atoms with Crippen LogP contribution < -0.4 is 0 Å². The molecule has 0 saturated carbocycles. The number of likely N-dealkylation sites (tertiary alicyclic amines) is 1. The largest absolute Gasteiger partial charge is 0.343 e. The molecule has 2 rings (SSSR count). The maximum Gasteiger partial charge on any atom is 0.209 e. The van der Waals surface area contributed by atoms with E-state index in [2.05, 4.69) is 16.8 Å². The van der Waals surface area contributed by atoms with Gasteiger partial charge in [-0.15, -0.1) is 0 Å². The molecule has 4 heteroatoms. The second kappa shape index (κ2) is 4.94. The lowest BCUT2D eigenvalue weighted by Crippen LogP contribution is -2.47. The molecule has 86 valence electrons. The van der Waals surface area contributed by atoms with Gasteiger partial charge in [-0.2, -0.15) is 0 Å². The SMILES string of the molecule is CN1CCC(CN2CCN(C=O)CC2)C1. The van der Waals surface area contributed by atoms with E-state index in [0.717, 1.165) is 38.5 Å². The van der Waals surface area contributed by atoms with Crippen molar-refractivity contribution < 1.29 is 4.79 Å². The number of hydrogen-bond donors (Lipinski definition) is 0. The van der Waals surface area contributed by atoms with Crippen LogP contribution in [0.4, 0.5) is 0 Å². The summed E-state index contributed by atoms with van der Waals surface area (Å²) in [6.07, 6.45) is 2.31. The lowest BCUT2D eigenvalue weighted by atomic mass is 10.1. The highest BCUT2D eigenvalue weighted by Crippen LogP contribution is 2.16. The van der Waals surface area contributed by atoms with E-state index in [9.17, 15) is 4.79 Å². The summed E-state index contributed by atoms with van der Waals surface area (Å²) >= 11 is 0. The van der Waals surface area contributed by atoms with Gasteiger partial charge in [-0.1, -0.05) is 0 Å². The van der Waals surface area contributed by atoms with Gasteiger partial charge in [0, 0.05) is 39.3 Å². The van der Waals surface area contributed by atoms with Crippen molar-refractivity contribution in [3.63, 3.8) is 0 Å². The number of amides is 1. The lowest BCUT2D eigenvalue weighted by molar-refractivity contribution is -0.119. The number of hydrogen-bond acceptors (Lipinski definition) is 3. The molecule has 2 fully saturated rings. The Labute approximate surface area is 91.8 Å². The van der Waals surface area contributed by atoms with E-state index in [-0.39, 0.29) is 0 Å². The smallest absolute Gasteiger partial charge is 0.209 e. The summed E-state index contributed by atoms with van der Waals surface area (Å²) in [7, 11) is 2.20. The van der Waals surface area contributed by atoms with Crippen LogP contribution in [0, 0.1) is 5.92 Å². The van der Waals surface area contributed by atoms with Crippen LogP contribution in [0.5, 0.6) is 0 Å². The van der Waals surface area contributed by atoms with Gasteiger partial charge in [0.2, 0.25) is 6.41 Å². The van der Waals surface area contributed by atoms with Crippen LogP contribution in [0.25, 0.3) is 0 Å². The first kappa shape index (κ1) is 10.9. The van der Waals surface area contributed by atoms with Crippen LogP contribution in [0.1, 0.15) is 6.42 Å². The number of rotatable bonds is 3. The minimum Gasteiger partial charge on any atom is -0.343 e. The van der Waals surface area contributed by atoms with Gasteiger partial charge in [-0.3, -0.25) is 9.69 Å². The first-order chi connectivity index (χ1) is 7.28. The zero-order valence-corrected chi connectivity index (χ0v) is 9.56. The standard InChI is InChI=1S/C11H21N3O/c1-12-3-2-11(8-12)9-13-4-6-14(10-15)7-5-13/h10-11H,2-9H2,1H3. The van der Waals surface area contributed by atoms with E-state index in [1.807, 2.05) is 4.90 Å². The quantitative estimate of drug-likeness (QED) is 0.600. The third-order valence-corrected chi connectivity index (χ3v) is 3.56. The Morgan fingerprint density at radius 1 is 1.20 bits per heavy atom. The molecule has 0 radical (unpaired) electrons. The summed E-state index contributed by atoms with van der Waals surface area (Å²) in [5.41, 5.74) is 0. The van der Waals surface area contributed by atoms with Crippen LogP contribution in [-0.2, 0) is 4.79 Å². The summed E-state index contributed by atoms with van der Waals surface area (Å²) in [6, 6.07) is 0. The average molecular weight is 211 g/mol. The van der Waals surface area contributed by atoms with E-state index in [1.54, 1.807) is 0 Å². The summed E-state index contributed by atoms with van der Waals surface area (Å²) in [4.78, 5) is 17.3. The van der Waals surface area contributed by atoms with Crippen molar-refractivity contribution in [2.24, 2.45) is 5.92 Å². The van der Waals surface area contributed by atoms with Crippen LogP contribution in [-0.4, -0.2) is 74.0 Å². The highest BCUT2D eigenvalue weighted by molar-refractivity contribution is 5.47. The second-order valence-electron chi connectivity index (χ2n) is 4.86. The average Bonchev–Trinajstić information content (AvgIpc) is 2.65. The minimum atomic E-state index is 0.845. The number of nitrogens with zero attached hydrogens (tertiary/aromatic N) is 3. The van der Waals surface area contributed by atoms with Crippen molar-refractivity contribution in [3.8, 4) is 0 Å². The minimum absolute atomic E-state index is 0.845. The molecule has 1 amide bonds. The molecule has 1 unspecified atom stereocenters. The number of piperazine rings is 1. The van der Waals surface area contributed by atoms with Gasteiger partial charge in [0.05, 0.1) is 0 Å². The molecule has 2 aliphatic rings. The lowest BCUT2D eigenvalue weighted by Gasteiger charge is -2.33.